The fourth-order valence-electron chi connectivity index (χ4n) is 2.84. The van der Waals surface area contributed by atoms with Crippen molar-refractivity contribution in [2.24, 2.45) is 0 Å². The van der Waals surface area contributed by atoms with Crippen LogP contribution in [0.3, 0.4) is 0 Å². The van der Waals surface area contributed by atoms with E-state index in [1.165, 1.54) is 12.8 Å². The summed E-state index contributed by atoms with van der Waals surface area (Å²) in [5.41, 5.74) is 0.971. The van der Waals surface area contributed by atoms with Crippen LogP contribution in [0.15, 0.2) is 36.5 Å². The number of hydrogen-bond acceptors (Lipinski definition) is 3. The number of aromatic nitrogens is 1. The highest BCUT2D eigenvalue weighted by atomic mass is 35.5. The van der Waals surface area contributed by atoms with E-state index in [1.54, 1.807) is 30.5 Å². The molecule has 1 aliphatic rings. The lowest BCUT2D eigenvalue weighted by Crippen LogP contribution is -2.25. The minimum atomic E-state index is -0.247. The SMILES string of the molecule is O=C(Nc1c(Cl)cccc1Cl)c1ccnc(N2CCCCCC2)c1. The first kappa shape index (κ1) is 17.1. The molecule has 1 N–H and O–H groups in total. The van der Waals surface area contributed by atoms with Crippen molar-refractivity contribution in [1.82, 2.24) is 4.98 Å². The summed E-state index contributed by atoms with van der Waals surface area (Å²) in [6.07, 6.45) is 6.49. The number of nitrogens with zero attached hydrogens (tertiary/aromatic N) is 2. The van der Waals surface area contributed by atoms with E-state index in [2.05, 4.69) is 15.2 Å². The normalized spacial score (nSPS) is 15.0. The lowest BCUT2D eigenvalue weighted by molar-refractivity contribution is 0.102. The van der Waals surface area contributed by atoms with E-state index in [4.69, 9.17) is 23.2 Å². The molecule has 2 aromatic rings. The Kier molecular flexibility index (Phi) is 5.59. The van der Waals surface area contributed by atoms with Gasteiger partial charge in [0.15, 0.2) is 0 Å². The summed E-state index contributed by atoms with van der Waals surface area (Å²) in [7, 11) is 0. The van der Waals surface area contributed by atoms with Crippen molar-refractivity contribution in [1.29, 1.82) is 0 Å². The summed E-state index contributed by atoms with van der Waals surface area (Å²) in [5.74, 6) is 0.596. The van der Waals surface area contributed by atoms with E-state index in [0.29, 0.717) is 21.3 Å². The Balaban J connectivity index is 1.79. The van der Waals surface area contributed by atoms with Gasteiger partial charge in [0.25, 0.3) is 5.91 Å². The first-order valence-electron chi connectivity index (χ1n) is 8.11. The van der Waals surface area contributed by atoms with Crippen molar-refractivity contribution < 1.29 is 4.79 Å². The van der Waals surface area contributed by atoms with Crippen molar-refractivity contribution >= 4 is 40.6 Å². The van der Waals surface area contributed by atoms with Crippen LogP contribution in [-0.4, -0.2) is 24.0 Å². The van der Waals surface area contributed by atoms with Gasteiger partial charge in [-0.25, -0.2) is 4.98 Å². The number of pyridine rings is 1. The highest BCUT2D eigenvalue weighted by Crippen LogP contribution is 2.30. The van der Waals surface area contributed by atoms with Gasteiger partial charge < -0.3 is 10.2 Å². The van der Waals surface area contributed by atoms with Gasteiger partial charge in [0, 0.05) is 24.8 Å². The van der Waals surface area contributed by atoms with Crippen molar-refractivity contribution in [2.45, 2.75) is 25.7 Å². The Bertz CT molecular complexity index is 708. The van der Waals surface area contributed by atoms with Gasteiger partial charge in [-0.05, 0) is 37.1 Å². The number of amides is 1. The van der Waals surface area contributed by atoms with Gasteiger partial charge in [-0.15, -0.1) is 0 Å². The number of nitrogens with one attached hydrogen (secondary N) is 1. The third-order valence-electron chi connectivity index (χ3n) is 4.14. The molecule has 1 aliphatic heterocycles. The molecule has 1 aromatic heterocycles. The fourth-order valence-corrected chi connectivity index (χ4v) is 3.33. The quantitative estimate of drug-likeness (QED) is 0.832. The number of anilines is 2. The van der Waals surface area contributed by atoms with Gasteiger partial charge in [0.1, 0.15) is 5.82 Å². The molecule has 0 unspecified atom stereocenters. The van der Waals surface area contributed by atoms with Gasteiger partial charge in [0.05, 0.1) is 15.7 Å². The molecule has 0 bridgehead atoms. The van der Waals surface area contributed by atoms with Gasteiger partial charge in [-0.1, -0.05) is 42.1 Å². The van der Waals surface area contributed by atoms with Crippen molar-refractivity contribution in [3.8, 4) is 0 Å². The van der Waals surface area contributed by atoms with Crippen LogP contribution in [0.1, 0.15) is 36.0 Å². The first-order chi connectivity index (χ1) is 11.6. The molecule has 3 rings (SSSR count). The van der Waals surface area contributed by atoms with Crippen LogP contribution in [-0.2, 0) is 0 Å². The number of hydrogen-bond donors (Lipinski definition) is 1. The number of carbonyl (C=O) groups is 1. The minimum absolute atomic E-state index is 0.247. The zero-order valence-corrected chi connectivity index (χ0v) is 14.8. The maximum absolute atomic E-state index is 12.5. The fraction of sp³-hybridized carbons (Fsp3) is 0.333. The largest absolute Gasteiger partial charge is 0.357 e. The maximum atomic E-state index is 12.5. The third-order valence-corrected chi connectivity index (χ3v) is 4.77. The molecule has 126 valence electrons. The zero-order chi connectivity index (χ0) is 16.9. The van der Waals surface area contributed by atoms with Crippen LogP contribution in [0, 0.1) is 0 Å². The number of para-hydroxylation sites is 1. The van der Waals surface area contributed by atoms with Crippen LogP contribution < -0.4 is 10.2 Å². The smallest absolute Gasteiger partial charge is 0.255 e. The molecule has 4 nitrogen and oxygen atoms in total. The lowest BCUT2D eigenvalue weighted by Gasteiger charge is -2.21. The number of halogens is 2. The summed E-state index contributed by atoms with van der Waals surface area (Å²) in [5, 5.41) is 3.62. The van der Waals surface area contributed by atoms with E-state index in [0.717, 1.165) is 31.7 Å². The number of benzene rings is 1. The summed E-state index contributed by atoms with van der Waals surface area (Å²) in [6, 6.07) is 8.65. The predicted molar refractivity (Wildman–Crippen MR) is 99.3 cm³/mol. The van der Waals surface area contributed by atoms with E-state index >= 15 is 0 Å². The molecule has 1 saturated heterocycles. The standard InChI is InChI=1S/C18H19Cl2N3O/c19-14-6-5-7-15(20)17(14)22-18(24)13-8-9-21-16(12-13)23-10-3-1-2-4-11-23/h5-9,12H,1-4,10-11H2,(H,22,24). The molecule has 0 radical (unpaired) electrons. The summed E-state index contributed by atoms with van der Waals surface area (Å²) in [6.45, 7) is 1.96. The topological polar surface area (TPSA) is 45.2 Å². The van der Waals surface area contributed by atoms with Crippen LogP contribution in [0.2, 0.25) is 10.0 Å². The van der Waals surface area contributed by atoms with Crippen molar-refractivity contribution in [3.05, 3.63) is 52.1 Å². The molecule has 24 heavy (non-hydrogen) atoms. The van der Waals surface area contributed by atoms with Crippen LogP contribution in [0.5, 0.6) is 0 Å². The summed E-state index contributed by atoms with van der Waals surface area (Å²) >= 11 is 12.2. The highest BCUT2D eigenvalue weighted by Gasteiger charge is 2.15. The average molecular weight is 364 g/mol. The van der Waals surface area contributed by atoms with Crippen LogP contribution in [0.4, 0.5) is 11.5 Å². The first-order valence-corrected chi connectivity index (χ1v) is 8.87. The van der Waals surface area contributed by atoms with E-state index in [-0.39, 0.29) is 5.91 Å². The van der Waals surface area contributed by atoms with Gasteiger partial charge in [-0.2, -0.15) is 0 Å². The van der Waals surface area contributed by atoms with E-state index in [9.17, 15) is 4.79 Å². The molecule has 1 aromatic carbocycles. The molecular weight excluding hydrogens is 345 g/mol. The molecule has 0 atom stereocenters. The van der Waals surface area contributed by atoms with Crippen LogP contribution in [0.25, 0.3) is 0 Å². The second-order valence-electron chi connectivity index (χ2n) is 5.85. The summed E-state index contributed by atoms with van der Waals surface area (Å²) < 4.78 is 0. The van der Waals surface area contributed by atoms with E-state index < -0.39 is 0 Å². The van der Waals surface area contributed by atoms with E-state index in [1.807, 2.05) is 6.07 Å². The molecule has 0 spiro atoms. The van der Waals surface area contributed by atoms with Crippen molar-refractivity contribution in [2.75, 3.05) is 23.3 Å². The monoisotopic (exact) mass is 363 g/mol. The Morgan fingerprint density at radius 2 is 1.71 bits per heavy atom. The van der Waals surface area contributed by atoms with Crippen molar-refractivity contribution in [3.63, 3.8) is 0 Å². The molecule has 0 saturated carbocycles. The third kappa shape index (κ3) is 4.00. The molecule has 0 aliphatic carbocycles. The molecule has 6 heteroatoms. The minimum Gasteiger partial charge on any atom is -0.357 e. The molecule has 2 heterocycles. The predicted octanol–water partition coefficient (Wildman–Crippen LogP) is 5.02. The summed E-state index contributed by atoms with van der Waals surface area (Å²) in [4.78, 5) is 19.2. The second kappa shape index (κ2) is 7.86. The van der Waals surface area contributed by atoms with Gasteiger partial charge in [-0.3, -0.25) is 4.79 Å². The Morgan fingerprint density at radius 1 is 1.04 bits per heavy atom. The Labute approximate surface area is 151 Å². The highest BCUT2D eigenvalue weighted by molar-refractivity contribution is 6.40. The average Bonchev–Trinajstić information content (AvgIpc) is 2.87. The molecular formula is C18H19Cl2N3O. The van der Waals surface area contributed by atoms with Crippen LogP contribution >= 0.6 is 23.2 Å². The maximum Gasteiger partial charge on any atom is 0.255 e. The zero-order valence-electron chi connectivity index (χ0n) is 13.3. The number of carbonyl (C=O) groups excluding carboxylic acids is 1. The van der Waals surface area contributed by atoms with Gasteiger partial charge >= 0.3 is 0 Å². The Hall–Kier alpha value is -1.78. The second-order valence-corrected chi connectivity index (χ2v) is 6.67. The molecule has 1 fully saturated rings. The Morgan fingerprint density at radius 3 is 2.38 bits per heavy atom. The molecule has 1 amide bonds. The van der Waals surface area contributed by atoms with Gasteiger partial charge in [0.2, 0.25) is 0 Å². The number of rotatable bonds is 3. The lowest BCUT2D eigenvalue weighted by atomic mass is 10.2.